The first-order valence-electron chi connectivity index (χ1n) is 7.47. The monoisotopic (exact) mass is 262 g/mol. The summed E-state index contributed by atoms with van der Waals surface area (Å²) in [6.07, 6.45) is 2.31. The summed E-state index contributed by atoms with van der Waals surface area (Å²) < 4.78 is 0. The maximum absolute atomic E-state index is 3.51. The number of rotatable bonds is 8. The van der Waals surface area contributed by atoms with E-state index in [0.29, 0.717) is 5.92 Å². The van der Waals surface area contributed by atoms with E-state index in [1.807, 2.05) is 7.05 Å². The first kappa shape index (κ1) is 16.2. The first-order chi connectivity index (χ1) is 8.98. The third-order valence-electron chi connectivity index (χ3n) is 4.00. The number of nitrogens with one attached hydrogen (secondary N) is 2. The number of benzene rings is 1. The Morgan fingerprint density at radius 2 is 1.79 bits per heavy atom. The highest BCUT2D eigenvalue weighted by molar-refractivity contribution is 5.25. The van der Waals surface area contributed by atoms with Crippen LogP contribution in [0.5, 0.6) is 0 Å². The van der Waals surface area contributed by atoms with Crippen LogP contribution in [-0.4, -0.2) is 25.7 Å². The zero-order chi connectivity index (χ0) is 14.3. The van der Waals surface area contributed by atoms with E-state index in [1.165, 1.54) is 17.5 Å². The maximum Gasteiger partial charge on any atom is 0.0246 e. The second-order valence-electron chi connectivity index (χ2n) is 6.11. The lowest BCUT2D eigenvalue weighted by Gasteiger charge is -2.24. The topological polar surface area (TPSA) is 24.1 Å². The van der Waals surface area contributed by atoms with Crippen LogP contribution < -0.4 is 10.6 Å². The zero-order valence-electron chi connectivity index (χ0n) is 13.2. The fourth-order valence-electron chi connectivity index (χ4n) is 1.97. The fourth-order valence-corrected chi connectivity index (χ4v) is 1.97. The molecule has 0 amide bonds. The van der Waals surface area contributed by atoms with Crippen molar-refractivity contribution in [1.82, 2.24) is 10.6 Å². The van der Waals surface area contributed by atoms with Crippen molar-refractivity contribution in [1.29, 1.82) is 0 Å². The Morgan fingerprint density at radius 3 is 2.32 bits per heavy atom. The Kier molecular flexibility index (Phi) is 6.53. The molecule has 1 aromatic rings. The van der Waals surface area contributed by atoms with Crippen molar-refractivity contribution in [2.45, 2.75) is 52.0 Å². The molecule has 0 aliphatic carbocycles. The summed E-state index contributed by atoms with van der Waals surface area (Å²) in [4.78, 5) is 0. The first-order valence-corrected chi connectivity index (χ1v) is 7.47. The van der Waals surface area contributed by atoms with Crippen LogP contribution in [0, 0.1) is 0 Å². The Hall–Kier alpha value is -0.860. The van der Waals surface area contributed by atoms with E-state index in [1.54, 1.807) is 0 Å². The SMILES string of the molecule is CCC(C)c1ccc(CCNCC(C)(C)NC)cc1. The van der Waals surface area contributed by atoms with Crippen molar-refractivity contribution in [3.63, 3.8) is 0 Å². The lowest BCUT2D eigenvalue weighted by molar-refractivity contribution is 0.395. The molecular weight excluding hydrogens is 232 g/mol. The molecule has 2 N–H and O–H groups in total. The van der Waals surface area contributed by atoms with Crippen molar-refractivity contribution in [3.05, 3.63) is 35.4 Å². The quantitative estimate of drug-likeness (QED) is 0.702. The number of hydrogen-bond donors (Lipinski definition) is 2. The summed E-state index contributed by atoms with van der Waals surface area (Å²) in [7, 11) is 2.01. The second-order valence-corrected chi connectivity index (χ2v) is 6.11. The van der Waals surface area contributed by atoms with Gasteiger partial charge in [-0.15, -0.1) is 0 Å². The summed E-state index contributed by atoms with van der Waals surface area (Å²) in [5.41, 5.74) is 3.04. The molecule has 0 heterocycles. The molecule has 1 aromatic carbocycles. The fraction of sp³-hybridized carbons (Fsp3) is 0.647. The molecule has 19 heavy (non-hydrogen) atoms. The third-order valence-corrected chi connectivity index (χ3v) is 4.00. The van der Waals surface area contributed by atoms with E-state index in [4.69, 9.17) is 0 Å². The molecule has 0 fully saturated rings. The molecule has 0 saturated carbocycles. The van der Waals surface area contributed by atoms with Crippen LogP contribution in [0.25, 0.3) is 0 Å². The van der Waals surface area contributed by atoms with Crippen LogP contribution in [0.4, 0.5) is 0 Å². The molecule has 0 aromatic heterocycles. The minimum absolute atomic E-state index is 0.167. The molecule has 1 atom stereocenters. The molecule has 1 unspecified atom stereocenters. The number of likely N-dealkylation sites (N-methyl/N-ethyl adjacent to an activating group) is 1. The molecule has 1 rings (SSSR count). The third kappa shape index (κ3) is 5.75. The van der Waals surface area contributed by atoms with Gasteiger partial charge in [0.1, 0.15) is 0 Å². The van der Waals surface area contributed by atoms with Crippen LogP contribution >= 0.6 is 0 Å². The molecule has 0 radical (unpaired) electrons. The molecule has 0 bridgehead atoms. The van der Waals surface area contributed by atoms with E-state index in [9.17, 15) is 0 Å². The van der Waals surface area contributed by atoms with Gasteiger partial charge in [0.2, 0.25) is 0 Å². The van der Waals surface area contributed by atoms with Crippen molar-refractivity contribution in [2.24, 2.45) is 0 Å². The normalized spacial score (nSPS) is 13.5. The van der Waals surface area contributed by atoms with Gasteiger partial charge in [-0.25, -0.2) is 0 Å². The van der Waals surface area contributed by atoms with Gasteiger partial charge in [0.05, 0.1) is 0 Å². The minimum Gasteiger partial charge on any atom is -0.315 e. The van der Waals surface area contributed by atoms with E-state index in [2.05, 4.69) is 62.6 Å². The maximum atomic E-state index is 3.51. The van der Waals surface area contributed by atoms with Gasteiger partial charge in [0.25, 0.3) is 0 Å². The van der Waals surface area contributed by atoms with Crippen molar-refractivity contribution >= 4 is 0 Å². The van der Waals surface area contributed by atoms with E-state index < -0.39 is 0 Å². The lowest BCUT2D eigenvalue weighted by Crippen LogP contribution is -2.46. The molecule has 2 nitrogen and oxygen atoms in total. The lowest BCUT2D eigenvalue weighted by atomic mass is 9.97. The standard InChI is InChI=1S/C17H30N2/c1-6-14(2)16-9-7-15(8-10-16)11-12-19-13-17(3,4)18-5/h7-10,14,18-19H,6,11-13H2,1-5H3. The van der Waals surface area contributed by atoms with Gasteiger partial charge in [0, 0.05) is 12.1 Å². The van der Waals surface area contributed by atoms with Crippen molar-refractivity contribution in [2.75, 3.05) is 20.1 Å². The summed E-state index contributed by atoms with van der Waals surface area (Å²) in [6, 6.07) is 9.10. The Bertz CT molecular complexity index is 354. The van der Waals surface area contributed by atoms with Crippen LogP contribution in [-0.2, 0) is 6.42 Å². The summed E-state index contributed by atoms with van der Waals surface area (Å²) in [5.74, 6) is 0.670. The molecule has 2 heteroatoms. The number of hydrogen-bond acceptors (Lipinski definition) is 2. The van der Waals surface area contributed by atoms with Gasteiger partial charge >= 0.3 is 0 Å². The molecule has 0 saturated heterocycles. The van der Waals surface area contributed by atoms with Crippen LogP contribution in [0.2, 0.25) is 0 Å². The van der Waals surface area contributed by atoms with Crippen LogP contribution in [0.1, 0.15) is 51.2 Å². The van der Waals surface area contributed by atoms with E-state index >= 15 is 0 Å². The Morgan fingerprint density at radius 1 is 1.16 bits per heavy atom. The van der Waals surface area contributed by atoms with Gasteiger partial charge < -0.3 is 10.6 Å². The smallest absolute Gasteiger partial charge is 0.0246 e. The van der Waals surface area contributed by atoms with Crippen LogP contribution in [0.3, 0.4) is 0 Å². The Labute approximate surface area is 119 Å². The summed E-state index contributed by atoms with van der Waals surface area (Å²) in [6.45, 7) is 11.0. The van der Waals surface area contributed by atoms with Gasteiger partial charge in [-0.1, -0.05) is 38.1 Å². The van der Waals surface area contributed by atoms with Gasteiger partial charge in [-0.2, -0.15) is 0 Å². The van der Waals surface area contributed by atoms with Gasteiger partial charge in [0.15, 0.2) is 0 Å². The Balaban J connectivity index is 2.34. The average molecular weight is 262 g/mol. The highest BCUT2D eigenvalue weighted by Gasteiger charge is 2.12. The average Bonchev–Trinajstić information content (AvgIpc) is 2.43. The molecule has 0 spiro atoms. The molecule has 0 aliphatic rings. The molecule has 0 aliphatic heterocycles. The van der Waals surface area contributed by atoms with Gasteiger partial charge in [-0.05, 0) is 57.3 Å². The van der Waals surface area contributed by atoms with Gasteiger partial charge in [-0.3, -0.25) is 0 Å². The van der Waals surface area contributed by atoms with Crippen LogP contribution in [0.15, 0.2) is 24.3 Å². The second kappa shape index (κ2) is 7.66. The summed E-state index contributed by atoms with van der Waals surface area (Å²) >= 11 is 0. The predicted octanol–water partition coefficient (Wildman–Crippen LogP) is 3.33. The highest BCUT2D eigenvalue weighted by atomic mass is 15.0. The minimum atomic E-state index is 0.167. The van der Waals surface area contributed by atoms with E-state index in [-0.39, 0.29) is 5.54 Å². The predicted molar refractivity (Wildman–Crippen MR) is 84.9 cm³/mol. The zero-order valence-corrected chi connectivity index (χ0v) is 13.2. The van der Waals surface area contributed by atoms with Crippen molar-refractivity contribution < 1.29 is 0 Å². The van der Waals surface area contributed by atoms with Crippen molar-refractivity contribution in [3.8, 4) is 0 Å². The largest absolute Gasteiger partial charge is 0.315 e. The molecule has 108 valence electrons. The van der Waals surface area contributed by atoms with E-state index in [0.717, 1.165) is 19.5 Å². The summed E-state index contributed by atoms with van der Waals surface area (Å²) in [5, 5.41) is 6.81. The highest BCUT2D eigenvalue weighted by Crippen LogP contribution is 2.18. The molecular formula is C17H30N2.